The smallest absolute Gasteiger partial charge is 0.138 e. The van der Waals surface area contributed by atoms with Gasteiger partial charge in [-0.1, -0.05) is 47.1 Å². The van der Waals surface area contributed by atoms with Gasteiger partial charge in [0.25, 0.3) is 0 Å². The normalized spacial score (nSPS) is 16.9. The number of hydrogen-bond acceptors (Lipinski definition) is 3. The van der Waals surface area contributed by atoms with Crippen molar-refractivity contribution in [1.82, 2.24) is 4.98 Å². The van der Waals surface area contributed by atoms with E-state index >= 15 is 0 Å². The Morgan fingerprint density at radius 3 is 2.75 bits per heavy atom. The van der Waals surface area contributed by atoms with Crippen LogP contribution in [0, 0.1) is 6.92 Å². The summed E-state index contributed by atoms with van der Waals surface area (Å²) in [6, 6.07) is 18.1. The van der Waals surface area contributed by atoms with Crippen LogP contribution >= 0.6 is 11.6 Å². The number of benzene rings is 2. The lowest BCUT2D eigenvalue weighted by Crippen LogP contribution is -2.13. The zero-order chi connectivity index (χ0) is 16.5. The van der Waals surface area contributed by atoms with Crippen molar-refractivity contribution in [3.63, 3.8) is 0 Å². The van der Waals surface area contributed by atoms with Gasteiger partial charge >= 0.3 is 0 Å². The van der Waals surface area contributed by atoms with E-state index in [-0.39, 0.29) is 6.10 Å². The Hall–Kier alpha value is -2.39. The Balaban J connectivity index is 1.50. The number of rotatable bonds is 3. The second-order valence-electron chi connectivity index (χ2n) is 6.13. The summed E-state index contributed by atoms with van der Waals surface area (Å²) >= 11 is 5.94. The van der Waals surface area contributed by atoms with Crippen molar-refractivity contribution in [1.29, 1.82) is 0 Å². The monoisotopic (exact) mass is 336 g/mol. The van der Waals surface area contributed by atoms with E-state index < -0.39 is 0 Å². The fraction of sp³-hybridized carbons (Fsp3) is 0.200. The summed E-state index contributed by atoms with van der Waals surface area (Å²) in [5.41, 5.74) is 5.35. The van der Waals surface area contributed by atoms with Crippen molar-refractivity contribution < 1.29 is 4.84 Å². The maximum absolute atomic E-state index is 5.94. The second kappa shape index (κ2) is 6.25. The molecule has 120 valence electrons. The summed E-state index contributed by atoms with van der Waals surface area (Å²) in [5.74, 6) is 0. The highest BCUT2D eigenvalue weighted by atomic mass is 35.5. The Morgan fingerprint density at radius 2 is 1.92 bits per heavy atom. The third-order valence-corrected chi connectivity index (χ3v) is 4.58. The SMILES string of the molecule is Cc1cc(CC2CC(c3ccc(Cl)cc3)=NO2)nc2ccccc12. The van der Waals surface area contributed by atoms with Gasteiger partial charge in [-0.15, -0.1) is 0 Å². The van der Waals surface area contributed by atoms with Gasteiger partial charge in [0, 0.05) is 28.9 Å². The fourth-order valence-electron chi connectivity index (χ4n) is 3.11. The molecule has 24 heavy (non-hydrogen) atoms. The molecule has 0 N–H and O–H groups in total. The zero-order valence-corrected chi connectivity index (χ0v) is 14.1. The maximum Gasteiger partial charge on any atom is 0.138 e. The highest BCUT2D eigenvalue weighted by molar-refractivity contribution is 6.30. The first kappa shape index (κ1) is 15.2. The molecule has 3 aromatic rings. The van der Waals surface area contributed by atoms with E-state index in [1.807, 2.05) is 36.4 Å². The quantitative estimate of drug-likeness (QED) is 0.679. The van der Waals surface area contributed by atoms with Gasteiger partial charge in [-0.3, -0.25) is 4.98 Å². The molecule has 3 nitrogen and oxygen atoms in total. The molecular formula is C20H17ClN2O. The number of fused-ring (bicyclic) bond motifs is 1. The zero-order valence-electron chi connectivity index (χ0n) is 13.4. The van der Waals surface area contributed by atoms with E-state index in [1.54, 1.807) is 0 Å². The van der Waals surface area contributed by atoms with Gasteiger partial charge in [-0.05, 0) is 42.3 Å². The van der Waals surface area contributed by atoms with Crippen LogP contribution in [0.1, 0.15) is 23.2 Å². The molecular weight excluding hydrogens is 320 g/mol. The predicted molar refractivity (Wildman–Crippen MR) is 97.7 cm³/mol. The summed E-state index contributed by atoms with van der Waals surface area (Å²) in [7, 11) is 0. The number of hydrogen-bond donors (Lipinski definition) is 0. The minimum Gasteiger partial charge on any atom is -0.391 e. The Morgan fingerprint density at radius 1 is 1.12 bits per heavy atom. The van der Waals surface area contributed by atoms with Crippen molar-refractivity contribution in [2.24, 2.45) is 5.16 Å². The summed E-state index contributed by atoms with van der Waals surface area (Å²) in [6.07, 6.45) is 1.57. The lowest BCUT2D eigenvalue weighted by atomic mass is 10.0. The van der Waals surface area contributed by atoms with E-state index in [4.69, 9.17) is 21.4 Å². The van der Waals surface area contributed by atoms with Crippen LogP contribution in [0.15, 0.2) is 59.8 Å². The molecule has 1 atom stereocenters. The van der Waals surface area contributed by atoms with Crippen molar-refractivity contribution in [3.8, 4) is 0 Å². The molecule has 0 radical (unpaired) electrons. The molecule has 2 aromatic carbocycles. The average Bonchev–Trinajstić information content (AvgIpc) is 3.04. The van der Waals surface area contributed by atoms with E-state index in [2.05, 4.69) is 30.3 Å². The summed E-state index contributed by atoms with van der Waals surface area (Å²) in [6.45, 7) is 2.12. The predicted octanol–water partition coefficient (Wildman–Crippen LogP) is 4.93. The fourth-order valence-corrected chi connectivity index (χ4v) is 3.23. The molecule has 2 heterocycles. The van der Waals surface area contributed by atoms with Gasteiger partial charge in [-0.2, -0.15) is 0 Å². The molecule has 4 heteroatoms. The Bertz CT molecular complexity index is 919. The van der Waals surface area contributed by atoms with Crippen LogP contribution < -0.4 is 0 Å². The van der Waals surface area contributed by atoms with Gasteiger partial charge in [0.1, 0.15) is 6.10 Å². The minimum absolute atomic E-state index is 0.0312. The van der Waals surface area contributed by atoms with Crippen LogP contribution in [-0.2, 0) is 11.3 Å². The van der Waals surface area contributed by atoms with Crippen molar-refractivity contribution >= 4 is 28.2 Å². The molecule has 0 spiro atoms. The summed E-state index contributed by atoms with van der Waals surface area (Å²) in [4.78, 5) is 10.4. The molecule has 1 aliphatic heterocycles. The van der Waals surface area contributed by atoms with E-state index in [0.29, 0.717) is 0 Å². The van der Waals surface area contributed by atoms with Crippen molar-refractivity contribution in [2.75, 3.05) is 0 Å². The Labute approximate surface area is 145 Å². The topological polar surface area (TPSA) is 34.5 Å². The first-order valence-corrected chi connectivity index (χ1v) is 8.41. The first-order valence-electron chi connectivity index (χ1n) is 8.03. The molecule has 4 rings (SSSR count). The lowest BCUT2D eigenvalue weighted by Gasteiger charge is -2.10. The molecule has 1 aromatic heterocycles. The number of oxime groups is 1. The number of halogens is 1. The minimum atomic E-state index is 0.0312. The molecule has 0 saturated carbocycles. The van der Waals surface area contributed by atoms with Crippen LogP contribution in [0.4, 0.5) is 0 Å². The van der Waals surface area contributed by atoms with Gasteiger partial charge < -0.3 is 4.84 Å². The molecule has 1 unspecified atom stereocenters. The van der Waals surface area contributed by atoms with Crippen molar-refractivity contribution in [2.45, 2.75) is 25.9 Å². The van der Waals surface area contributed by atoms with Gasteiger partial charge in [0.2, 0.25) is 0 Å². The van der Waals surface area contributed by atoms with Gasteiger partial charge in [0.05, 0.1) is 11.2 Å². The number of nitrogens with zero attached hydrogens (tertiary/aromatic N) is 2. The number of para-hydroxylation sites is 1. The lowest BCUT2D eigenvalue weighted by molar-refractivity contribution is 0.0852. The average molecular weight is 337 g/mol. The Kier molecular flexibility index (Phi) is 3.95. The van der Waals surface area contributed by atoms with E-state index in [9.17, 15) is 0 Å². The molecule has 0 saturated heterocycles. The van der Waals surface area contributed by atoms with Crippen LogP contribution in [0.5, 0.6) is 0 Å². The molecule has 0 amide bonds. The summed E-state index contributed by atoms with van der Waals surface area (Å²) < 4.78 is 0. The first-order chi connectivity index (χ1) is 11.7. The van der Waals surface area contributed by atoms with Crippen LogP contribution in [-0.4, -0.2) is 16.8 Å². The molecule has 0 aliphatic carbocycles. The van der Waals surface area contributed by atoms with E-state index in [1.165, 1.54) is 10.9 Å². The van der Waals surface area contributed by atoms with E-state index in [0.717, 1.165) is 40.4 Å². The largest absolute Gasteiger partial charge is 0.391 e. The number of aryl methyl sites for hydroxylation is 1. The van der Waals surface area contributed by atoms with Crippen molar-refractivity contribution in [3.05, 3.63) is 76.4 Å². The molecule has 1 aliphatic rings. The molecule has 0 bridgehead atoms. The van der Waals surface area contributed by atoms with Crippen LogP contribution in [0.3, 0.4) is 0 Å². The van der Waals surface area contributed by atoms with Gasteiger partial charge in [-0.25, -0.2) is 0 Å². The standard InChI is InChI=1S/C20H17ClN2O/c1-13-10-16(22-19-5-3-2-4-18(13)19)11-17-12-20(23-24-17)14-6-8-15(21)9-7-14/h2-10,17H,11-12H2,1H3. The number of pyridine rings is 1. The third-order valence-electron chi connectivity index (χ3n) is 4.32. The highest BCUT2D eigenvalue weighted by Gasteiger charge is 2.23. The maximum atomic E-state index is 5.94. The molecule has 0 fully saturated rings. The second-order valence-corrected chi connectivity index (χ2v) is 6.56. The van der Waals surface area contributed by atoms with Gasteiger partial charge in [0.15, 0.2) is 0 Å². The third kappa shape index (κ3) is 3.00. The summed E-state index contributed by atoms with van der Waals surface area (Å²) in [5, 5.41) is 6.17. The van der Waals surface area contributed by atoms with Crippen LogP contribution in [0.25, 0.3) is 10.9 Å². The number of aromatic nitrogens is 1. The highest BCUT2D eigenvalue weighted by Crippen LogP contribution is 2.23. The van der Waals surface area contributed by atoms with Crippen LogP contribution in [0.2, 0.25) is 5.02 Å².